The summed E-state index contributed by atoms with van der Waals surface area (Å²) in [6, 6.07) is 21.5. The lowest BCUT2D eigenvalue weighted by Crippen LogP contribution is -2.51. The fourth-order valence-corrected chi connectivity index (χ4v) is 19.5. The summed E-state index contributed by atoms with van der Waals surface area (Å²) in [6.45, 7) is 25.6. The average molecular weight is 627 g/mol. The molecule has 45 heavy (non-hydrogen) atoms. The number of methoxy groups -OCH3 is 1. The first-order chi connectivity index (χ1) is 21.1. The van der Waals surface area contributed by atoms with Crippen molar-refractivity contribution in [2.24, 2.45) is 46.8 Å². The molecule has 2 aromatic rings. The molecule has 0 aromatic heterocycles. The van der Waals surface area contributed by atoms with Crippen LogP contribution < -0.4 is 0 Å². The fourth-order valence-electron chi connectivity index (χ4n) is 12.9. The van der Waals surface area contributed by atoms with Crippen molar-refractivity contribution in [1.29, 1.82) is 0 Å². The van der Waals surface area contributed by atoms with Crippen LogP contribution in [0.3, 0.4) is 0 Å². The van der Waals surface area contributed by atoms with Gasteiger partial charge in [-0.25, -0.2) is 0 Å². The monoisotopic (exact) mass is 626 g/mol. The average Bonchev–Trinajstić information content (AvgIpc) is 3.51. The third-order valence-corrected chi connectivity index (χ3v) is 19.8. The van der Waals surface area contributed by atoms with E-state index in [0.29, 0.717) is 17.9 Å². The van der Waals surface area contributed by atoms with Gasteiger partial charge >= 0.3 is 0 Å². The zero-order valence-corrected chi connectivity index (χ0v) is 31.8. The second-order valence-electron chi connectivity index (χ2n) is 19.2. The molecule has 4 aliphatic carbocycles. The summed E-state index contributed by atoms with van der Waals surface area (Å²) < 4.78 is 6.54. The van der Waals surface area contributed by atoms with Gasteiger partial charge in [-0.1, -0.05) is 136 Å². The molecule has 12 atom stereocenters. The highest BCUT2D eigenvalue weighted by molar-refractivity contribution is 6.80. The first-order valence-corrected chi connectivity index (χ1v) is 22.0. The molecule has 6 rings (SSSR count). The van der Waals surface area contributed by atoms with Crippen LogP contribution in [0.5, 0.6) is 0 Å². The molecule has 4 fully saturated rings. The summed E-state index contributed by atoms with van der Waals surface area (Å²) in [7, 11) is 0.368. The standard InChI is InChI=1S/C43H66OSi/c1-27-24-34-32(29-20-22-31(23-21-29)42(3,4)5)18-15-19-33(34)40(27)45(10,11)41-28(2)25-35-36(41)26-37(43(6,7)8)39(44-9)38(35)30-16-13-12-14-17-30/h12-14,16-17,20-23,27-28,32-41H,15,18-19,24-26H2,1-11H3. The summed E-state index contributed by atoms with van der Waals surface area (Å²) in [4.78, 5) is 0. The summed E-state index contributed by atoms with van der Waals surface area (Å²) in [5, 5.41) is 0. The number of fused-ring (bicyclic) bond motifs is 2. The van der Waals surface area contributed by atoms with Crippen LogP contribution in [-0.4, -0.2) is 21.3 Å². The van der Waals surface area contributed by atoms with Crippen LogP contribution in [0.15, 0.2) is 54.6 Å². The van der Waals surface area contributed by atoms with Gasteiger partial charge in [-0.3, -0.25) is 0 Å². The highest BCUT2D eigenvalue weighted by Crippen LogP contribution is 2.68. The van der Waals surface area contributed by atoms with Crippen LogP contribution in [0.2, 0.25) is 24.2 Å². The third kappa shape index (κ3) is 5.96. The molecule has 2 aromatic carbocycles. The van der Waals surface area contributed by atoms with E-state index >= 15 is 0 Å². The number of hydrogen-bond donors (Lipinski definition) is 0. The molecule has 0 heterocycles. The van der Waals surface area contributed by atoms with Gasteiger partial charge in [0.05, 0.1) is 14.2 Å². The summed E-state index contributed by atoms with van der Waals surface area (Å²) in [6.07, 6.45) is 8.81. The smallest absolute Gasteiger partial charge is 0.0675 e. The van der Waals surface area contributed by atoms with Gasteiger partial charge in [-0.15, -0.1) is 0 Å². The van der Waals surface area contributed by atoms with E-state index in [2.05, 4.69) is 123 Å². The van der Waals surface area contributed by atoms with Gasteiger partial charge < -0.3 is 4.74 Å². The summed E-state index contributed by atoms with van der Waals surface area (Å²) >= 11 is 0. The molecule has 0 amide bonds. The van der Waals surface area contributed by atoms with Crippen molar-refractivity contribution in [3.63, 3.8) is 0 Å². The minimum atomic E-state index is -1.64. The quantitative estimate of drug-likeness (QED) is 0.300. The molecule has 12 unspecified atom stereocenters. The Bertz CT molecular complexity index is 1280. The van der Waals surface area contributed by atoms with Gasteiger partial charge in [0, 0.05) is 13.0 Å². The van der Waals surface area contributed by atoms with Crippen molar-refractivity contribution < 1.29 is 4.74 Å². The lowest BCUT2D eigenvalue weighted by molar-refractivity contribution is -0.0689. The lowest BCUT2D eigenvalue weighted by atomic mass is 9.59. The van der Waals surface area contributed by atoms with Crippen molar-refractivity contribution in [3.05, 3.63) is 71.3 Å². The van der Waals surface area contributed by atoms with Crippen molar-refractivity contribution >= 4 is 8.07 Å². The van der Waals surface area contributed by atoms with Crippen LogP contribution in [0.4, 0.5) is 0 Å². The zero-order valence-electron chi connectivity index (χ0n) is 30.8. The van der Waals surface area contributed by atoms with Crippen molar-refractivity contribution in [1.82, 2.24) is 0 Å². The van der Waals surface area contributed by atoms with Crippen LogP contribution in [0.1, 0.15) is 122 Å². The lowest BCUT2D eigenvalue weighted by Gasteiger charge is -2.53. The van der Waals surface area contributed by atoms with Crippen LogP contribution >= 0.6 is 0 Å². The molecule has 4 saturated carbocycles. The second-order valence-corrected chi connectivity index (χ2v) is 24.2. The van der Waals surface area contributed by atoms with E-state index in [-0.39, 0.29) is 10.8 Å². The van der Waals surface area contributed by atoms with E-state index in [0.717, 1.165) is 52.5 Å². The van der Waals surface area contributed by atoms with E-state index in [1.54, 1.807) is 5.56 Å². The molecule has 4 aliphatic rings. The number of benzene rings is 2. The molecule has 0 spiro atoms. The Hall–Kier alpha value is -1.38. The largest absolute Gasteiger partial charge is 0.381 e. The highest BCUT2D eigenvalue weighted by atomic mass is 28.3. The minimum absolute atomic E-state index is 0.222. The normalized spacial score (nSPS) is 39.0. The van der Waals surface area contributed by atoms with Crippen LogP contribution in [0, 0.1) is 46.8 Å². The predicted octanol–water partition coefficient (Wildman–Crippen LogP) is 12.1. The molecule has 0 radical (unpaired) electrons. The van der Waals surface area contributed by atoms with Gasteiger partial charge in [0.25, 0.3) is 0 Å². The van der Waals surface area contributed by atoms with Gasteiger partial charge in [-0.05, 0) is 112 Å². The Morgan fingerprint density at radius 3 is 1.84 bits per heavy atom. The molecule has 0 bridgehead atoms. The molecule has 1 nitrogen and oxygen atoms in total. The van der Waals surface area contributed by atoms with Gasteiger partial charge in [0.1, 0.15) is 0 Å². The van der Waals surface area contributed by atoms with E-state index in [9.17, 15) is 0 Å². The Kier molecular flexibility index (Phi) is 9.13. The van der Waals surface area contributed by atoms with E-state index < -0.39 is 8.07 Å². The maximum Gasteiger partial charge on any atom is 0.0675 e. The molecule has 2 heteroatoms. The fraction of sp³-hybridized carbons (Fsp3) is 0.721. The molecular formula is C43H66OSi. The minimum Gasteiger partial charge on any atom is -0.381 e. The number of ether oxygens (including phenoxy) is 1. The highest BCUT2D eigenvalue weighted by Gasteiger charge is 2.62. The van der Waals surface area contributed by atoms with Gasteiger partial charge in [0.2, 0.25) is 0 Å². The van der Waals surface area contributed by atoms with Crippen molar-refractivity contribution in [2.75, 3.05) is 7.11 Å². The first-order valence-electron chi connectivity index (χ1n) is 18.8. The van der Waals surface area contributed by atoms with Gasteiger partial charge in [0.15, 0.2) is 0 Å². The van der Waals surface area contributed by atoms with E-state index in [1.807, 2.05) is 7.11 Å². The SMILES string of the molecule is COC1C(c2ccccc2)C2CC(C)C([Si](C)(C)C3C(C)CC4C(c5ccc(C(C)(C)C)cc5)CCCC43)C2CC1C(C)(C)C. The molecular weight excluding hydrogens is 561 g/mol. The van der Waals surface area contributed by atoms with Crippen LogP contribution in [0.25, 0.3) is 0 Å². The van der Waals surface area contributed by atoms with E-state index in [1.165, 1.54) is 49.7 Å². The molecule has 0 aliphatic heterocycles. The maximum atomic E-state index is 6.54. The Labute approximate surface area is 278 Å². The van der Waals surface area contributed by atoms with Gasteiger partial charge in [-0.2, -0.15) is 0 Å². The Morgan fingerprint density at radius 1 is 0.667 bits per heavy atom. The van der Waals surface area contributed by atoms with E-state index in [4.69, 9.17) is 4.74 Å². The third-order valence-electron chi connectivity index (χ3n) is 14.3. The topological polar surface area (TPSA) is 9.23 Å². The van der Waals surface area contributed by atoms with Crippen LogP contribution in [-0.2, 0) is 10.2 Å². The first kappa shape index (κ1) is 33.5. The molecule has 0 saturated heterocycles. The second kappa shape index (κ2) is 12.3. The molecule has 0 N–H and O–H groups in total. The maximum absolute atomic E-state index is 6.54. The van der Waals surface area contributed by atoms with Crippen molar-refractivity contribution in [3.8, 4) is 0 Å². The zero-order chi connectivity index (χ0) is 32.5. The number of hydrogen-bond acceptors (Lipinski definition) is 1. The predicted molar refractivity (Wildman–Crippen MR) is 196 cm³/mol. The number of rotatable bonds is 5. The molecule has 248 valence electrons. The Balaban J connectivity index is 1.32. The Morgan fingerprint density at radius 2 is 1.27 bits per heavy atom. The summed E-state index contributed by atoms with van der Waals surface area (Å²) in [5.74, 6) is 6.92. The van der Waals surface area contributed by atoms with Crippen molar-refractivity contribution in [2.45, 2.75) is 141 Å². The summed E-state index contributed by atoms with van der Waals surface area (Å²) in [5.41, 5.74) is 6.97.